The number of aromatic nitrogens is 1. The average Bonchev–Trinajstić information content (AvgIpc) is 2.81. The molecule has 1 unspecified atom stereocenters. The number of benzene rings is 2. The van der Waals surface area contributed by atoms with Crippen LogP contribution >= 0.6 is 11.6 Å². The number of hydrogen-bond acceptors (Lipinski definition) is 4. The summed E-state index contributed by atoms with van der Waals surface area (Å²) in [7, 11) is -3.42. The van der Waals surface area contributed by atoms with E-state index in [-0.39, 0.29) is 23.0 Å². The summed E-state index contributed by atoms with van der Waals surface area (Å²) >= 11 is 5.90. The van der Waals surface area contributed by atoms with Crippen LogP contribution in [0.2, 0.25) is 5.02 Å². The summed E-state index contributed by atoms with van der Waals surface area (Å²) in [5.74, 6) is -0.690. The Balaban J connectivity index is 1.70. The average molecular weight is 486 g/mol. The number of pyridine rings is 1. The lowest BCUT2D eigenvalue weighted by atomic mass is 9.89. The van der Waals surface area contributed by atoms with Crippen LogP contribution in [0.5, 0.6) is 0 Å². The van der Waals surface area contributed by atoms with Crippen LogP contribution in [0, 0.1) is 0 Å². The second-order valence-corrected chi connectivity index (χ2v) is 10.7. The van der Waals surface area contributed by atoms with E-state index < -0.39 is 15.8 Å². The highest BCUT2D eigenvalue weighted by Gasteiger charge is 2.19. The maximum atomic E-state index is 12.9. The minimum atomic E-state index is -3.42. The molecule has 0 aliphatic rings. The van der Waals surface area contributed by atoms with Crippen molar-refractivity contribution in [3.8, 4) is 0 Å². The van der Waals surface area contributed by atoms with Crippen LogP contribution in [0.1, 0.15) is 48.3 Å². The van der Waals surface area contributed by atoms with E-state index in [1.807, 2.05) is 42.6 Å². The molecule has 3 aromatic rings. The molecule has 0 aliphatic carbocycles. The first-order valence-corrected chi connectivity index (χ1v) is 13.0. The van der Waals surface area contributed by atoms with Gasteiger partial charge in [-0.2, -0.15) is 0 Å². The zero-order valence-electron chi connectivity index (χ0n) is 18.4. The molecule has 1 aromatic heterocycles. The Morgan fingerprint density at radius 2 is 1.67 bits per heavy atom. The molecular weight excluding hydrogens is 458 g/mol. The number of aryl methyl sites for hydroxylation is 2. The summed E-state index contributed by atoms with van der Waals surface area (Å²) in [5, 5.41) is 9.40. The molecular formula is C26H28ClNO4S. The highest BCUT2D eigenvalue weighted by molar-refractivity contribution is 7.91. The normalized spacial score (nSPS) is 12.4. The van der Waals surface area contributed by atoms with Gasteiger partial charge in [0.25, 0.3) is 0 Å². The van der Waals surface area contributed by atoms with Crippen LogP contribution in [0.4, 0.5) is 0 Å². The highest BCUT2D eigenvalue weighted by Crippen LogP contribution is 2.28. The van der Waals surface area contributed by atoms with Crippen molar-refractivity contribution in [3.05, 3.63) is 94.8 Å². The Labute approximate surface area is 200 Å². The third-order valence-electron chi connectivity index (χ3n) is 5.73. The number of sulfone groups is 1. The molecule has 0 fully saturated rings. The molecule has 2 aromatic carbocycles. The third kappa shape index (κ3) is 7.98. The first-order valence-electron chi connectivity index (χ1n) is 11.0. The van der Waals surface area contributed by atoms with E-state index in [0.29, 0.717) is 17.9 Å². The maximum Gasteiger partial charge on any atom is 0.303 e. The predicted molar refractivity (Wildman–Crippen MR) is 130 cm³/mol. The van der Waals surface area contributed by atoms with Crippen molar-refractivity contribution in [3.63, 3.8) is 0 Å². The van der Waals surface area contributed by atoms with E-state index in [1.165, 1.54) is 0 Å². The predicted octanol–water partition coefficient (Wildman–Crippen LogP) is 5.72. The van der Waals surface area contributed by atoms with Crippen LogP contribution in [-0.4, -0.2) is 30.2 Å². The zero-order valence-corrected chi connectivity index (χ0v) is 19.9. The van der Waals surface area contributed by atoms with Gasteiger partial charge < -0.3 is 5.11 Å². The minimum Gasteiger partial charge on any atom is -0.481 e. The Morgan fingerprint density at radius 1 is 0.939 bits per heavy atom. The van der Waals surface area contributed by atoms with E-state index in [1.54, 1.807) is 30.5 Å². The first kappa shape index (κ1) is 24.9. The van der Waals surface area contributed by atoms with Gasteiger partial charge in [-0.05, 0) is 85.0 Å². The van der Waals surface area contributed by atoms with Gasteiger partial charge in [-0.1, -0.05) is 41.9 Å². The number of carboxylic acid groups (broad SMARTS) is 1. The van der Waals surface area contributed by atoms with Crippen molar-refractivity contribution in [1.82, 2.24) is 4.98 Å². The van der Waals surface area contributed by atoms with Gasteiger partial charge in [0.15, 0.2) is 9.84 Å². The molecule has 0 bridgehead atoms. The number of carbonyl (C=O) groups is 1. The molecule has 0 saturated heterocycles. The molecule has 5 nitrogen and oxygen atoms in total. The highest BCUT2D eigenvalue weighted by atomic mass is 35.5. The molecule has 1 atom stereocenters. The van der Waals surface area contributed by atoms with Gasteiger partial charge in [0, 0.05) is 23.8 Å². The molecule has 0 amide bonds. The summed E-state index contributed by atoms with van der Waals surface area (Å²) in [6.07, 6.45) is 7.33. The quantitative estimate of drug-likeness (QED) is 0.354. The molecule has 33 heavy (non-hydrogen) atoms. The second-order valence-electron chi connectivity index (χ2n) is 8.15. The Hall–Kier alpha value is -2.70. The van der Waals surface area contributed by atoms with E-state index in [9.17, 15) is 13.2 Å². The van der Waals surface area contributed by atoms with E-state index in [2.05, 4.69) is 4.98 Å². The van der Waals surface area contributed by atoms with Gasteiger partial charge in [0.05, 0.1) is 10.6 Å². The van der Waals surface area contributed by atoms with Gasteiger partial charge >= 0.3 is 5.97 Å². The van der Waals surface area contributed by atoms with Crippen LogP contribution < -0.4 is 0 Å². The van der Waals surface area contributed by atoms with Crippen LogP contribution in [-0.2, 0) is 27.5 Å². The van der Waals surface area contributed by atoms with Crippen molar-refractivity contribution in [2.24, 2.45) is 0 Å². The third-order valence-corrected chi connectivity index (χ3v) is 7.74. The number of hydrogen-bond donors (Lipinski definition) is 1. The van der Waals surface area contributed by atoms with Crippen molar-refractivity contribution >= 4 is 27.4 Å². The van der Waals surface area contributed by atoms with E-state index in [4.69, 9.17) is 16.7 Å². The molecule has 0 radical (unpaired) electrons. The topological polar surface area (TPSA) is 84.3 Å². The Kier molecular flexibility index (Phi) is 9.03. The van der Waals surface area contributed by atoms with Crippen LogP contribution in [0.25, 0.3) is 0 Å². The minimum absolute atomic E-state index is 0.0486. The monoisotopic (exact) mass is 485 g/mol. The molecule has 0 aliphatic heterocycles. The molecule has 7 heteroatoms. The number of carboxylic acids is 1. The lowest BCUT2D eigenvalue weighted by Crippen LogP contribution is -2.11. The number of halogens is 1. The van der Waals surface area contributed by atoms with E-state index >= 15 is 0 Å². The first-order chi connectivity index (χ1) is 15.8. The van der Waals surface area contributed by atoms with Crippen molar-refractivity contribution in [2.75, 3.05) is 5.75 Å². The summed E-state index contributed by atoms with van der Waals surface area (Å²) in [5.41, 5.74) is 3.20. The fourth-order valence-corrected chi connectivity index (χ4v) is 5.35. The Morgan fingerprint density at radius 3 is 2.30 bits per heavy atom. The fraction of sp³-hybridized carbons (Fsp3) is 0.308. The molecule has 1 heterocycles. The molecule has 0 spiro atoms. The lowest BCUT2D eigenvalue weighted by molar-refractivity contribution is -0.136. The maximum absolute atomic E-state index is 12.9. The van der Waals surface area contributed by atoms with Gasteiger partial charge in [-0.15, -0.1) is 0 Å². The van der Waals surface area contributed by atoms with Crippen molar-refractivity contribution in [1.29, 1.82) is 0 Å². The SMILES string of the molecule is O=C(O)CCc1ccc(C(CCCc2cccnc2)CCS(=O)(=O)c2ccc(Cl)cc2)cc1. The van der Waals surface area contributed by atoms with Crippen LogP contribution in [0.3, 0.4) is 0 Å². The number of aliphatic carboxylic acids is 1. The lowest BCUT2D eigenvalue weighted by Gasteiger charge is -2.18. The van der Waals surface area contributed by atoms with Crippen molar-refractivity contribution < 1.29 is 18.3 Å². The molecule has 174 valence electrons. The second kappa shape index (κ2) is 12.0. The molecule has 3 rings (SSSR count). The van der Waals surface area contributed by atoms with Gasteiger partial charge in [-0.3, -0.25) is 9.78 Å². The van der Waals surface area contributed by atoms with Crippen LogP contribution in [0.15, 0.2) is 78.0 Å². The molecule has 1 N–H and O–H groups in total. The number of nitrogens with zero attached hydrogens (tertiary/aromatic N) is 1. The summed E-state index contributed by atoms with van der Waals surface area (Å²) in [4.78, 5) is 15.3. The molecule has 0 saturated carbocycles. The van der Waals surface area contributed by atoms with Gasteiger partial charge in [0.1, 0.15) is 0 Å². The largest absolute Gasteiger partial charge is 0.481 e. The summed E-state index contributed by atoms with van der Waals surface area (Å²) in [6, 6.07) is 18.1. The fourth-order valence-electron chi connectivity index (χ4n) is 3.84. The van der Waals surface area contributed by atoms with Gasteiger partial charge in [-0.25, -0.2) is 8.42 Å². The van der Waals surface area contributed by atoms with Crippen molar-refractivity contribution in [2.45, 2.75) is 49.3 Å². The smallest absolute Gasteiger partial charge is 0.303 e. The van der Waals surface area contributed by atoms with Gasteiger partial charge in [0.2, 0.25) is 0 Å². The number of rotatable bonds is 12. The summed E-state index contributed by atoms with van der Waals surface area (Å²) < 4.78 is 25.7. The zero-order chi connectivity index (χ0) is 23.7. The summed E-state index contributed by atoms with van der Waals surface area (Å²) in [6.45, 7) is 0. The Bertz CT molecular complexity index is 1130. The standard InChI is InChI=1S/C26H28ClNO4S/c27-24-11-13-25(14-12-24)33(31,32)18-16-22(5-1-3-21-4-2-17-28-19-21)23-9-6-20(7-10-23)8-15-26(29)30/h2,4,6-7,9-14,17,19,22H,1,3,5,8,15-16,18H2,(H,29,30). The van der Waals surface area contributed by atoms with E-state index in [0.717, 1.165) is 36.0 Å².